The second-order valence-corrected chi connectivity index (χ2v) is 6.88. The van der Waals surface area contributed by atoms with E-state index in [1.54, 1.807) is 30.5 Å². The number of nitrogens with one attached hydrogen (secondary N) is 2. The zero-order valence-electron chi connectivity index (χ0n) is 11.5. The van der Waals surface area contributed by atoms with Crippen LogP contribution in [-0.2, 0) is 16.4 Å². The lowest BCUT2D eigenvalue weighted by Gasteiger charge is -2.06. The van der Waals surface area contributed by atoms with E-state index in [1.165, 1.54) is 6.26 Å². The number of anilines is 1. The normalized spacial score (nSPS) is 11.7. The monoisotopic (exact) mass is 301 g/mol. The highest BCUT2D eigenvalue weighted by Crippen LogP contribution is 2.18. The first-order chi connectivity index (χ1) is 10.0. The van der Waals surface area contributed by atoms with Crippen molar-refractivity contribution in [3.05, 3.63) is 54.4 Å². The van der Waals surface area contributed by atoms with Crippen LogP contribution in [0.2, 0.25) is 0 Å². The first-order valence-corrected chi connectivity index (χ1v) is 8.38. The fourth-order valence-electron chi connectivity index (χ4n) is 2.18. The highest BCUT2D eigenvalue weighted by Gasteiger charge is 2.07. The smallest absolute Gasteiger partial charge is 0.175 e. The molecule has 0 aliphatic rings. The molecule has 3 aromatic rings. The second kappa shape index (κ2) is 5.21. The van der Waals surface area contributed by atoms with Crippen LogP contribution < -0.4 is 5.32 Å². The molecule has 0 atom stereocenters. The minimum atomic E-state index is -3.15. The lowest BCUT2D eigenvalue weighted by atomic mass is 10.2. The van der Waals surface area contributed by atoms with Gasteiger partial charge in [0.15, 0.2) is 9.84 Å². The Kier molecular flexibility index (Phi) is 3.39. The first-order valence-electron chi connectivity index (χ1n) is 6.49. The van der Waals surface area contributed by atoms with Gasteiger partial charge in [-0.2, -0.15) is 0 Å². The lowest BCUT2D eigenvalue weighted by molar-refractivity contribution is 0.602. The van der Waals surface area contributed by atoms with Gasteiger partial charge in [-0.1, -0.05) is 0 Å². The van der Waals surface area contributed by atoms with E-state index in [0.717, 1.165) is 22.3 Å². The minimum absolute atomic E-state index is 0.323. The van der Waals surface area contributed by atoms with E-state index in [0.29, 0.717) is 11.4 Å². The average Bonchev–Trinajstić information content (AvgIpc) is 2.88. The molecule has 6 heteroatoms. The Morgan fingerprint density at radius 3 is 2.67 bits per heavy atom. The molecule has 5 nitrogen and oxygen atoms in total. The third kappa shape index (κ3) is 2.90. The molecule has 0 radical (unpaired) electrons. The third-order valence-electron chi connectivity index (χ3n) is 3.30. The number of fused-ring (bicyclic) bond motifs is 1. The number of rotatable bonds is 4. The van der Waals surface area contributed by atoms with Crippen LogP contribution in [0.4, 0.5) is 5.69 Å². The quantitative estimate of drug-likeness (QED) is 0.776. The second-order valence-electron chi connectivity index (χ2n) is 4.86. The van der Waals surface area contributed by atoms with Crippen molar-refractivity contribution >= 4 is 26.6 Å². The molecule has 2 aromatic heterocycles. The Morgan fingerprint density at radius 2 is 1.95 bits per heavy atom. The van der Waals surface area contributed by atoms with Gasteiger partial charge in [0.05, 0.1) is 4.90 Å². The van der Waals surface area contributed by atoms with E-state index >= 15 is 0 Å². The molecule has 0 bridgehead atoms. The van der Waals surface area contributed by atoms with Gasteiger partial charge in [0, 0.05) is 36.3 Å². The van der Waals surface area contributed by atoms with Crippen molar-refractivity contribution in [1.82, 2.24) is 9.97 Å². The zero-order chi connectivity index (χ0) is 14.9. The molecule has 0 aliphatic heterocycles. The van der Waals surface area contributed by atoms with Gasteiger partial charge in [0.1, 0.15) is 5.65 Å². The van der Waals surface area contributed by atoms with Crippen molar-refractivity contribution in [3.63, 3.8) is 0 Å². The van der Waals surface area contributed by atoms with Crippen molar-refractivity contribution in [2.75, 3.05) is 11.6 Å². The summed E-state index contributed by atoms with van der Waals surface area (Å²) < 4.78 is 22.8. The molecule has 108 valence electrons. The number of aromatic amines is 1. The zero-order valence-corrected chi connectivity index (χ0v) is 12.3. The number of hydrogen-bond donors (Lipinski definition) is 2. The minimum Gasteiger partial charge on any atom is -0.381 e. The Hall–Kier alpha value is -2.34. The molecule has 2 heterocycles. The van der Waals surface area contributed by atoms with Crippen molar-refractivity contribution < 1.29 is 8.42 Å². The predicted molar refractivity (Wildman–Crippen MR) is 83.0 cm³/mol. The third-order valence-corrected chi connectivity index (χ3v) is 4.43. The van der Waals surface area contributed by atoms with E-state index in [4.69, 9.17) is 0 Å². The molecule has 0 fully saturated rings. The number of H-pyrrole nitrogens is 1. The van der Waals surface area contributed by atoms with Crippen LogP contribution in [0.5, 0.6) is 0 Å². The number of aromatic nitrogens is 2. The van der Waals surface area contributed by atoms with Crippen LogP contribution in [0.1, 0.15) is 5.56 Å². The molecule has 0 saturated carbocycles. The fourth-order valence-corrected chi connectivity index (χ4v) is 2.81. The van der Waals surface area contributed by atoms with Gasteiger partial charge < -0.3 is 10.3 Å². The van der Waals surface area contributed by atoms with Crippen LogP contribution in [0, 0.1) is 0 Å². The number of hydrogen-bond acceptors (Lipinski definition) is 4. The molecule has 0 spiro atoms. The standard InChI is InChI=1S/C15H15N3O2S/c1-21(19,20)13-6-4-12(5-7-13)17-9-11-10-18-15-14(11)3-2-8-16-15/h2-8,10,17H,9H2,1H3,(H,16,18). The number of sulfone groups is 1. The molecule has 0 amide bonds. The number of nitrogens with zero attached hydrogens (tertiary/aromatic N) is 1. The number of benzene rings is 1. The Labute approximate surface area is 123 Å². The van der Waals surface area contributed by atoms with Gasteiger partial charge >= 0.3 is 0 Å². The molecule has 21 heavy (non-hydrogen) atoms. The topological polar surface area (TPSA) is 74.8 Å². The molecule has 0 unspecified atom stereocenters. The van der Waals surface area contributed by atoms with Gasteiger partial charge in [-0.05, 0) is 42.0 Å². The summed E-state index contributed by atoms with van der Waals surface area (Å²) in [5.41, 5.74) is 2.85. The van der Waals surface area contributed by atoms with Crippen LogP contribution in [-0.4, -0.2) is 24.6 Å². The molecule has 2 N–H and O–H groups in total. The van der Waals surface area contributed by atoms with E-state index < -0.39 is 9.84 Å². The van der Waals surface area contributed by atoms with Gasteiger partial charge in [0.25, 0.3) is 0 Å². The van der Waals surface area contributed by atoms with Crippen LogP contribution in [0.25, 0.3) is 11.0 Å². The van der Waals surface area contributed by atoms with Gasteiger partial charge in [-0.3, -0.25) is 0 Å². The van der Waals surface area contributed by atoms with E-state index in [1.807, 2.05) is 18.3 Å². The average molecular weight is 301 g/mol. The molecular weight excluding hydrogens is 286 g/mol. The van der Waals surface area contributed by atoms with E-state index in [9.17, 15) is 8.42 Å². The molecule has 0 aliphatic carbocycles. The van der Waals surface area contributed by atoms with E-state index in [2.05, 4.69) is 15.3 Å². The lowest BCUT2D eigenvalue weighted by Crippen LogP contribution is -2.00. The van der Waals surface area contributed by atoms with Crippen LogP contribution in [0.3, 0.4) is 0 Å². The van der Waals surface area contributed by atoms with Gasteiger partial charge in [0.2, 0.25) is 0 Å². The van der Waals surface area contributed by atoms with Gasteiger partial charge in [-0.15, -0.1) is 0 Å². The highest BCUT2D eigenvalue weighted by atomic mass is 32.2. The van der Waals surface area contributed by atoms with Crippen molar-refractivity contribution in [2.24, 2.45) is 0 Å². The Morgan fingerprint density at radius 1 is 1.19 bits per heavy atom. The predicted octanol–water partition coefficient (Wildman–Crippen LogP) is 2.58. The molecule has 1 aromatic carbocycles. The summed E-state index contributed by atoms with van der Waals surface area (Å²) >= 11 is 0. The number of pyridine rings is 1. The van der Waals surface area contributed by atoms with Crippen molar-refractivity contribution in [1.29, 1.82) is 0 Å². The summed E-state index contributed by atoms with van der Waals surface area (Å²) in [5.74, 6) is 0. The maximum Gasteiger partial charge on any atom is 0.175 e. The van der Waals surface area contributed by atoms with Gasteiger partial charge in [-0.25, -0.2) is 13.4 Å². The summed E-state index contributed by atoms with van der Waals surface area (Å²) in [6.07, 6.45) is 4.88. The van der Waals surface area contributed by atoms with Crippen molar-refractivity contribution in [2.45, 2.75) is 11.4 Å². The largest absolute Gasteiger partial charge is 0.381 e. The Bertz CT molecular complexity index is 867. The fraction of sp³-hybridized carbons (Fsp3) is 0.133. The molecular formula is C15H15N3O2S. The summed E-state index contributed by atoms with van der Waals surface area (Å²) in [5, 5.41) is 4.36. The molecule has 3 rings (SSSR count). The first kappa shape index (κ1) is 13.6. The summed E-state index contributed by atoms with van der Waals surface area (Å²) in [6.45, 7) is 0.643. The SMILES string of the molecule is CS(=O)(=O)c1ccc(NCc2c[nH]c3ncccc23)cc1. The maximum absolute atomic E-state index is 11.4. The summed E-state index contributed by atoms with van der Waals surface area (Å²) in [4.78, 5) is 7.69. The maximum atomic E-state index is 11.4. The van der Waals surface area contributed by atoms with Crippen LogP contribution in [0.15, 0.2) is 53.7 Å². The summed E-state index contributed by atoms with van der Waals surface area (Å²) in [7, 11) is -3.15. The highest BCUT2D eigenvalue weighted by molar-refractivity contribution is 7.90. The van der Waals surface area contributed by atoms with Crippen LogP contribution >= 0.6 is 0 Å². The molecule has 0 saturated heterocycles. The van der Waals surface area contributed by atoms with E-state index in [-0.39, 0.29) is 0 Å². The summed E-state index contributed by atoms with van der Waals surface area (Å²) in [6, 6.07) is 10.7. The Balaban J connectivity index is 1.76. The van der Waals surface area contributed by atoms with Crippen molar-refractivity contribution in [3.8, 4) is 0 Å².